The van der Waals surface area contributed by atoms with E-state index in [0.29, 0.717) is 12.1 Å². The van der Waals surface area contributed by atoms with Crippen molar-refractivity contribution in [1.29, 1.82) is 0 Å². The summed E-state index contributed by atoms with van der Waals surface area (Å²) < 4.78 is 1.28. The number of nitrogens with one attached hydrogen (secondary N) is 1. The molecular weight excluding hydrogens is 421 g/mol. The first-order valence-electron chi connectivity index (χ1n) is 7.96. The summed E-state index contributed by atoms with van der Waals surface area (Å²) in [6, 6.07) is 7.95. The number of thiophene rings is 1. The lowest BCUT2D eigenvalue weighted by Gasteiger charge is -2.29. The Kier molecular flexibility index (Phi) is 5.88. The third kappa shape index (κ3) is 4.44. The van der Waals surface area contributed by atoms with Gasteiger partial charge in [0.25, 0.3) is 5.91 Å². The van der Waals surface area contributed by atoms with Crippen LogP contribution in [-0.4, -0.2) is 30.5 Å². The third-order valence-corrected chi connectivity index (χ3v) is 5.93. The average Bonchev–Trinajstić information content (AvgIpc) is 3.01. The van der Waals surface area contributed by atoms with E-state index in [1.165, 1.54) is 27.0 Å². The summed E-state index contributed by atoms with van der Waals surface area (Å²) in [6.07, 6.45) is 6.26. The number of nitrogens with zero attached hydrogens (tertiary/aromatic N) is 2. The fourth-order valence-corrected chi connectivity index (χ4v) is 4.57. The molecule has 0 aromatic carbocycles. The van der Waals surface area contributed by atoms with Crippen LogP contribution in [0.5, 0.6) is 0 Å². The summed E-state index contributed by atoms with van der Waals surface area (Å²) in [5, 5.41) is 3.03. The summed E-state index contributed by atoms with van der Waals surface area (Å²) >= 11 is 4.10. The molecule has 1 N–H and O–H groups in total. The van der Waals surface area contributed by atoms with E-state index in [1.54, 1.807) is 17.5 Å². The quantitative estimate of drug-likeness (QED) is 0.720. The molecule has 2 aromatic heterocycles. The van der Waals surface area contributed by atoms with E-state index in [4.69, 9.17) is 0 Å². The SMILES string of the molecule is O=C(NCCc1ccc(I)s1)c1cccnc1N1CCCCC1. The highest BCUT2D eigenvalue weighted by Gasteiger charge is 2.19. The first kappa shape index (κ1) is 16.7. The molecule has 122 valence electrons. The van der Waals surface area contributed by atoms with Crippen molar-refractivity contribution in [2.75, 3.05) is 24.5 Å². The van der Waals surface area contributed by atoms with Crippen LogP contribution in [0.4, 0.5) is 5.82 Å². The van der Waals surface area contributed by atoms with E-state index in [9.17, 15) is 4.79 Å². The lowest BCUT2D eigenvalue weighted by molar-refractivity contribution is 0.0954. The molecule has 1 amide bonds. The fraction of sp³-hybridized carbons (Fsp3) is 0.412. The molecule has 0 aliphatic carbocycles. The Balaban J connectivity index is 1.62. The zero-order valence-electron chi connectivity index (χ0n) is 12.9. The lowest BCUT2D eigenvalue weighted by Crippen LogP contribution is -2.34. The van der Waals surface area contributed by atoms with Gasteiger partial charge in [-0.3, -0.25) is 4.79 Å². The van der Waals surface area contributed by atoms with E-state index in [-0.39, 0.29) is 5.91 Å². The van der Waals surface area contributed by atoms with Crippen molar-refractivity contribution in [3.8, 4) is 0 Å². The number of piperidine rings is 1. The Morgan fingerprint density at radius 1 is 1.26 bits per heavy atom. The Hall–Kier alpha value is -1.15. The number of rotatable bonds is 5. The highest BCUT2D eigenvalue weighted by atomic mass is 127. The minimum atomic E-state index is -0.0232. The molecule has 3 rings (SSSR count). The number of aromatic nitrogens is 1. The molecule has 1 aliphatic heterocycles. The first-order valence-corrected chi connectivity index (χ1v) is 9.86. The molecule has 0 spiro atoms. The second-order valence-electron chi connectivity index (χ2n) is 5.63. The van der Waals surface area contributed by atoms with Crippen LogP contribution in [0.15, 0.2) is 30.5 Å². The molecule has 0 unspecified atom stereocenters. The topological polar surface area (TPSA) is 45.2 Å². The minimum Gasteiger partial charge on any atom is -0.356 e. The van der Waals surface area contributed by atoms with Gasteiger partial charge in [-0.25, -0.2) is 4.98 Å². The van der Waals surface area contributed by atoms with E-state index in [0.717, 1.165) is 25.3 Å². The van der Waals surface area contributed by atoms with Gasteiger partial charge in [0.1, 0.15) is 5.82 Å². The van der Waals surface area contributed by atoms with E-state index < -0.39 is 0 Å². The summed E-state index contributed by atoms with van der Waals surface area (Å²) in [5.41, 5.74) is 0.690. The van der Waals surface area contributed by atoms with E-state index in [2.05, 4.69) is 49.9 Å². The number of anilines is 1. The zero-order valence-corrected chi connectivity index (χ0v) is 15.9. The van der Waals surface area contributed by atoms with Crippen LogP contribution in [-0.2, 0) is 6.42 Å². The number of pyridine rings is 1. The van der Waals surface area contributed by atoms with Crippen LogP contribution < -0.4 is 10.2 Å². The van der Waals surface area contributed by atoms with Crippen molar-refractivity contribution in [2.45, 2.75) is 25.7 Å². The summed E-state index contributed by atoms with van der Waals surface area (Å²) in [5.74, 6) is 0.806. The minimum absolute atomic E-state index is 0.0232. The van der Waals surface area contributed by atoms with Crippen LogP contribution in [0.2, 0.25) is 0 Å². The molecule has 1 aliphatic rings. The van der Waals surface area contributed by atoms with Gasteiger partial charge in [-0.2, -0.15) is 0 Å². The van der Waals surface area contributed by atoms with Crippen molar-refractivity contribution >= 4 is 45.7 Å². The van der Waals surface area contributed by atoms with Crippen LogP contribution in [0, 0.1) is 2.88 Å². The van der Waals surface area contributed by atoms with Gasteiger partial charge < -0.3 is 10.2 Å². The molecule has 1 saturated heterocycles. The molecule has 0 bridgehead atoms. The van der Waals surface area contributed by atoms with Crippen LogP contribution in [0.25, 0.3) is 0 Å². The van der Waals surface area contributed by atoms with Gasteiger partial charge in [0, 0.05) is 30.7 Å². The molecule has 23 heavy (non-hydrogen) atoms. The Labute approximate surface area is 154 Å². The summed E-state index contributed by atoms with van der Waals surface area (Å²) in [6.45, 7) is 2.64. The molecule has 0 atom stereocenters. The maximum atomic E-state index is 12.5. The molecule has 1 fully saturated rings. The van der Waals surface area contributed by atoms with Crippen LogP contribution in [0.3, 0.4) is 0 Å². The fourth-order valence-electron chi connectivity index (χ4n) is 2.81. The molecule has 6 heteroatoms. The summed E-state index contributed by atoms with van der Waals surface area (Å²) in [7, 11) is 0. The van der Waals surface area contributed by atoms with Crippen molar-refractivity contribution < 1.29 is 4.79 Å². The van der Waals surface area contributed by atoms with Gasteiger partial charge in [-0.15, -0.1) is 11.3 Å². The average molecular weight is 441 g/mol. The number of hydrogen-bond acceptors (Lipinski definition) is 4. The van der Waals surface area contributed by atoms with Crippen molar-refractivity contribution in [3.63, 3.8) is 0 Å². The van der Waals surface area contributed by atoms with Gasteiger partial charge >= 0.3 is 0 Å². The van der Waals surface area contributed by atoms with E-state index >= 15 is 0 Å². The highest BCUT2D eigenvalue weighted by Crippen LogP contribution is 2.22. The van der Waals surface area contributed by atoms with Crippen LogP contribution in [0.1, 0.15) is 34.5 Å². The first-order chi connectivity index (χ1) is 11.2. The Morgan fingerprint density at radius 2 is 2.09 bits per heavy atom. The second kappa shape index (κ2) is 8.10. The Morgan fingerprint density at radius 3 is 2.83 bits per heavy atom. The normalized spacial score (nSPS) is 14.7. The van der Waals surface area contributed by atoms with E-state index in [1.807, 2.05) is 12.1 Å². The van der Waals surface area contributed by atoms with Crippen molar-refractivity contribution in [1.82, 2.24) is 10.3 Å². The number of carbonyl (C=O) groups is 1. The van der Waals surface area contributed by atoms with Crippen molar-refractivity contribution in [3.05, 3.63) is 43.8 Å². The third-order valence-electron chi connectivity index (χ3n) is 3.97. The number of amides is 1. The van der Waals surface area contributed by atoms with Crippen LogP contribution >= 0.6 is 33.9 Å². The van der Waals surface area contributed by atoms with Gasteiger partial charge in [0.2, 0.25) is 0 Å². The zero-order chi connectivity index (χ0) is 16.1. The molecule has 4 nitrogen and oxygen atoms in total. The van der Waals surface area contributed by atoms with Gasteiger partial charge in [0.15, 0.2) is 0 Å². The number of hydrogen-bond donors (Lipinski definition) is 1. The molecule has 0 radical (unpaired) electrons. The standard InChI is InChI=1S/C17H20IN3OS/c18-15-7-6-13(23-15)8-10-20-17(22)14-5-4-9-19-16(14)21-11-2-1-3-12-21/h4-7,9H,1-3,8,10-12H2,(H,20,22). The molecule has 0 saturated carbocycles. The molecule has 3 heterocycles. The predicted octanol–water partition coefficient (Wildman–Crippen LogP) is 3.71. The van der Waals surface area contributed by atoms with Gasteiger partial charge in [-0.05, 0) is 72.5 Å². The monoisotopic (exact) mass is 441 g/mol. The number of carbonyl (C=O) groups excluding carboxylic acids is 1. The maximum absolute atomic E-state index is 12.5. The van der Waals surface area contributed by atoms with Crippen molar-refractivity contribution in [2.24, 2.45) is 0 Å². The van der Waals surface area contributed by atoms with Gasteiger partial charge in [0.05, 0.1) is 8.45 Å². The Bertz CT molecular complexity index is 667. The summed E-state index contributed by atoms with van der Waals surface area (Å²) in [4.78, 5) is 20.5. The molecule has 2 aromatic rings. The highest BCUT2D eigenvalue weighted by molar-refractivity contribution is 14.1. The lowest BCUT2D eigenvalue weighted by atomic mass is 10.1. The molecular formula is C17H20IN3OS. The smallest absolute Gasteiger partial charge is 0.255 e. The predicted molar refractivity (Wildman–Crippen MR) is 103 cm³/mol. The van der Waals surface area contributed by atoms with Gasteiger partial charge in [-0.1, -0.05) is 0 Å². The largest absolute Gasteiger partial charge is 0.356 e. The second-order valence-corrected chi connectivity index (χ2v) is 8.70. The number of halogens is 1. The maximum Gasteiger partial charge on any atom is 0.255 e.